The first kappa shape index (κ1) is 12.7. The first-order valence-electron chi connectivity index (χ1n) is 4.47. The van der Waals surface area contributed by atoms with Gasteiger partial charge >= 0.3 is 0 Å². The van der Waals surface area contributed by atoms with Gasteiger partial charge in [0.05, 0.1) is 6.54 Å². The topological polar surface area (TPSA) is 60.7 Å². The van der Waals surface area contributed by atoms with Crippen LogP contribution >= 0.6 is 43.5 Å². The van der Waals surface area contributed by atoms with Gasteiger partial charge in [-0.05, 0) is 44.9 Å². The molecule has 0 saturated carbocycles. The van der Waals surface area contributed by atoms with Gasteiger partial charge in [0.2, 0.25) is 0 Å². The summed E-state index contributed by atoms with van der Waals surface area (Å²) >= 11 is 12.2. The van der Waals surface area contributed by atoms with Crippen molar-refractivity contribution in [1.29, 1.82) is 0 Å². The summed E-state index contributed by atoms with van der Waals surface area (Å²) in [6.45, 7) is 0.388. The van der Waals surface area contributed by atoms with E-state index in [0.717, 1.165) is 10.0 Å². The molecule has 0 radical (unpaired) electrons. The standard InChI is InChI=1S/C9H5Br2ClN4O/c10-7-2-1-5(9(12)17)8(11)6(7)3-16-14-4-13-15-16/h1-2,4H,3H2. The first-order valence-corrected chi connectivity index (χ1v) is 6.43. The summed E-state index contributed by atoms with van der Waals surface area (Å²) < 4.78 is 1.47. The molecule has 17 heavy (non-hydrogen) atoms. The summed E-state index contributed by atoms with van der Waals surface area (Å²) in [6, 6.07) is 3.40. The smallest absolute Gasteiger partial charge is 0.253 e. The number of tetrazole rings is 1. The van der Waals surface area contributed by atoms with Gasteiger partial charge in [0.25, 0.3) is 5.24 Å². The highest BCUT2D eigenvalue weighted by Crippen LogP contribution is 2.30. The van der Waals surface area contributed by atoms with Gasteiger partial charge in [-0.25, -0.2) is 0 Å². The van der Waals surface area contributed by atoms with Crippen LogP contribution in [0.2, 0.25) is 0 Å². The van der Waals surface area contributed by atoms with Crippen molar-refractivity contribution in [3.8, 4) is 0 Å². The summed E-state index contributed by atoms with van der Waals surface area (Å²) in [5, 5.41) is 10.8. The lowest BCUT2D eigenvalue weighted by molar-refractivity contribution is 0.108. The van der Waals surface area contributed by atoms with Crippen molar-refractivity contribution in [2.24, 2.45) is 0 Å². The number of hydrogen-bond acceptors (Lipinski definition) is 4. The van der Waals surface area contributed by atoms with Crippen LogP contribution in [0.25, 0.3) is 0 Å². The predicted molar refractivity (Wildman–Crippen MR) is 68.9 cm³/mol. The number of carbonyl (C=O) groups excluding carboxylic acids is 1. The highest BCUT2D eigenvalue weighted by molar-refractivity contribution is 9.11. The Hall–Kier alpha value is -0.790. The van der Waals surface area contributed by atoms with Gasteiger partial charge in [0.1, 0.15) is 0 Å². The molecule has 0 saturated heterocycles. The molecule has 2 rings (SSSR count). The molecule has 5 nitrogen and oxygen atoms in total. The molecule has 1 heterocycles. The highest BCUT2D eigenvalue weighted by Gasteiger charge is 2.15. The van der Waals surface area contributed by atoms with E-state index in [4.69, 9.17) is 11.6 Å². The van der Waals surface area contributed by atoms with E-state index >= 15 is 0 Å². The molecule has 0 N–H and O–H groups in total. The van der Waals surface area contributed by atoms with E-state index in [1.54, 1.807) is 12.1 Å². The van der Waals surface area contributed by atoms with Gasteiger partial charge in [-0.1, -0.05) is 15.9 Å². The Morgan fingerprint density at radius 3 is 2.76 bits per heavy atom. The molecular weight excluding hydrogens is 375 g/mol. The second-order valence-corrected chi connectivity index (χ2v) is 5.12. The Morgan fingerprint density at radius 2 is 2.18 bits per heavy atom. The lowest BCUT2D eigenvalue weighted by atomic mass is 10.1. The van der Waals surface area contributed by atoms with Crippen molar-refractivity contribution in [3.63, 3.8) is 0 Å². The number of aromatic nitrogens is 4. The largest absolute Gasteiger partial charge is 0.276 e. The van der Waals surface area contributed by atoms with Crippen molar-refractivity contribution >= 4 is 48.7 Å². The van der Waals surface area contributed by atoms with Crippen LogP contribution in [0.3, 0.4) is 0 Å². The number of carbonyl (C=O) groups is 1. The minimum Gasteiger partial charge on any atom is -0.276 e. The monoisotopic (exact) mass is 378 g/mol. The van der Waals surface area contributed by atoms with E-state index < -0.39 is 5.24 Å². The third kappa shape index (κ3) is 2.72. The minimum absolute atomic E-state index is 0.388. The fourth-order valence-corrected chi connectivity index (χ4v) is 2.94. The first-order chi connectivity index (χ1) is 8.09. The van der Waals surface area contributed by atoms with Crippen LogP contribution in [0.4, 0.5) is 0 Å². The summed E-state index contributed by atoms with van der Waals surface area (Å²) in [7, 11) is 0. The second-order valence-electron chi connectivity index (χ2n) is 3.13. The lowest BCUT2D eigenvalue weighted by Crippen LogP contribution is -2.07. The van der Waals surface area contributed by atoms with E-state index in [1.807, 2.05) is 0 Å². The molecular formula is C9H5Br2ClN4O. The van der Waals surface area contributed by atoms with Gasteiger partial charge in [-0.3, -0.25) is 4.79 Å². The van der Waals surface area contributed by atoms with Gasteiger partial charge in [0, 0.05) is 20.1 Å². The van der Waals surface area contributed by atoms with Gasteiger partial charge in [-0.2, -0.15) is 4.80 Å². The van der Waals surface area contributed by atoms with E-state index in [-0.39, 0.29) is 0 Å². The Morgan fingerprint density at radius 1 is 1.41 bits per heavy atom. The number of hydrogen-bond donors (Lipinski definition) is 0. The molecule has 0 aliphatic rings. The number of rotatable bonds is 3. The molecule has 0 fully saturated rings. The second kappa shape index (κ2) is 5.24. The maximum Gasteiger partial charge on any atom is 0.253 e. The molecule has 1 aromatic carbocycles. The average molecular weight is 380 g/mol. The zero-order valence-corrected chi connectivity index (χ0v) is 12.2. The van der Waals surface area contributed by atoms with E-state index in [2.05, 4.69) is 47.3 Å². The quantitative estimate of drug-likeness (QED) is 0.768. The summed E-state index contributed by atoms with van der Waals surface area (Å²) in [6.07, 6.45) is 1.35. The molecule has 2 aromatic rings. The summed E-state index contributed by atoms with van der Waals surface area (Å²) in [5.74, 6) is 0. The molecule has 1 aromatic heterocycles. The maximum atomic E-state index is 11.2. The molecule has 0 aliphatic carbocycles. The molecule has 0 aliphatic heterocycles. The number of benzene rings is 1. The van der Waals surface area contributed by atoms with E-state index in [9.17, 15) is 4.79 Å². The number of nitrogens with zero attached hydrogens (tertiary/aromatic N) is 4. The van der Waals surface area contributed by atoms with Crippen molar-refractivity contribution < 1.29 is 4.79 Å². The third-order valence-corrected chi connectivity index (χ3v) is 3.94. The fraction of sp³-hybridized carbons (Fsp3) is 0.111. The molecule has 8 heteroatoms. The molecule has 0 amide bonds. The Balaban J connectivity index is 2.45. The maximum absolute atomic E-state index is 11.2. The number of halogens is 3. The lowest BCUT2D eigenvalue weighted by Gasteiger charge is -2.09. The van der Waals surface area contributed by atoms with Crippen LogP contribution in [-0.4, -0.2) is 25.4 Å². The zero-order valence-electron chi connectivity index (χ0n) is 8.27. The van der Waals surface area contributed by atoms with E-state index in [1.165, 1.54) is 11.1 Å². The molecule has 0 spiro atoms. The fourth-order valence-electron chi connectivity index (χ4n) is 1.30. The SMILES string of the molecule is O=C(Cl)c1ccc(Br)c(Cn2ncnn2)c1Br. The van der Waals surface area contributed by atoms with Crippen LogP contribution in [0.15, 0.2) is 27.4 Å². The average Bonchev–Trinajstić information content (AvgIpc) is 2.76. The highest BCUT2D eigenvalue weighted by atomic mass is 79.9. The van der Waals surface area contributed by atoms with Gasteiger partial charge in [0.15, 0.2) is 6.33 Å². The summed E-state index contributed by atoms with van der Waals surface area (Å²) in [5.41, 5.74) is 1.24. The van der Waals surface area contributed by atoms with Crippen LogP contribution in [0, 0.1) is 0 Å². The third-order valence-electron chi connectivity index (χ3n) is 2.09. The van der Waals surface area contributed by atoms with Crippen LogP contribution in [0.5, 0.6) is 0 Å². The van der Waals surface area contributed by atoms with Crippen molar-refractivity contribution in [2.75, 3.05) is 0 Å². The van der Waals surface area contributed by atoms with E-state index in [0.29, 0.717) is 16.6 Å². The molecule has 0 atom stereocenters. The van der Waals surface area contributed by atoms with Crippen molar-refractivity contribution in [3.05, 3.63) is 38.5 Å². The summed E-state index contributed by atoms with van der Waals surface area (Å²) in [4.78, 5) is 12.6. The minimum atomic E-state index is -0.517. The van der Waals surface area contributed by atoms with Gasteiger partial charge in [-0.15, -0.1) is 10.2 Å². The zero-order chi connectivity index (χ0) is 12.4. The van der Waals surface area contributed by atoms with Crippen LogP contribution in [0.1, 0.15) is 15.9 Å². The normalized spacial score (nSPS) is 10.5. The molecule has 0 bridgehead atoms. The Labute approximate surface area is 118 Å². The van der Waals surface area contributed by atoms with Crippen LogP contribution < -0.4 is 0 Å². The van der Waals surface area contributed by atoms with Crippen molar-refractivity contribution in [2.45, 2.75) is 6.54 Å². The van der Waals surface area contributed by atoms with Gasteiger partial charge < -0.3 is 0 Å². The molecule has 0 unspecified atom stereocenters. The van der Waals surface area contributed by atoms with Crippen LogP contribution in [-0.2, 0) is 6.54 Å². The molecule has 88 valence electrons. The predicted octanol–water partition coefficient (Wildman–Crippen LogP) is 2.63. The Bertz CT molecular complexity index is 558. The van der Waals surface area contributed by atoms with Crippen molar-refractivity contribution in [1.82, 2.24) is 20.2 Å². The Kier molecular flexibility index (Phi) is 3.90.